The molecule has 2 aromatic rings. The van der Waals surface area contributed by atoms with Gasteiger partial charge in [0.2, 0.25) is 0 Å². The Kier molecular flexibility index (Phi) is 2.58. The molecule has 0 fully saturated rings. The molecule has 0 bridgehead atoms. The van der Waals surface area contributed by atoms with Crippen LogP contribution in [0.15, 0.2) is 23.6 Å². The fourth-order valence-corrected chi connectivity index (χ4v) is 2.41. The van der Waals surface area contributed by atoms with Crippen LogP contribution in [0.4, 0.5) is 5.82 Å². The zero-order valence-corrected chi connectivity index (χ0v) is 9.79. The zero-order valence-electron chi connectivity index (χ0n) is 8.97. The van der Waals surface area contributed by atoms with Crippen LogP contribution < -0.4 is 20.7 Å². The lowest BCUT2D eigenvalue weighted by atomic mass is 10.2. The standard InChI is InChI=1S/C11H11N3O2S/c12-14-10-6-17-11(13-10)7-1-2-8-9(5-7)16-4-3-15-8/h1-2,5-6,14H,3-4,12H2. The van der Waals surface area contributed by atoms with Crippen LogP contribution in [0.2, 0.25) is 0 Å². The van der Waals surface area contributed by atoms with E-state index < -0.39 is 0 Å². The van der Waals surface area contributed by atoms with Crippen molar-refractivity contribution in [3.63, 3.8) is 0 Å². The predicted molar refractivity (Wildman–Crippen MR) is 66.4 cm³/mol. The molecule has 88 valence electrons. The average Bonchev–Trinajstić information content (AvgIpc) is 2.87. The van der Waals surface area contributed by atoms with E-state index in [4.69, 9.17) is 15.3 Å². The van der Waals surface area contributed by atoms with Crippen molar-refractivity contribution in [2.45, 2.75) is 0 Å². The van der Waals surface area contributed by atoms with Crippen molar-refractivity contribution in [3.05, 3.63) is 23.6 Å². The van der Waals surface area contributed by atoms with Gasteiger partial charge in [0.05, 0.1) is 0 Å². The molecule has 17 heavy (non-hydrogen) atoms. The van der Waals surface area contributed by atoms with Crippen molar-refractivity contribution in [1.29, 1.82) is 0 Å². The van der Waals surface area contributed by atoms with E-state index >= 15 is 0 Å². The van der Waals surface area contributed by atoms with Crippen molar-refractivity contribution in [2.24, 2.45) is 5.84 Å². The maximum atomic E-state index is 5.53. The Morgan fingerprint density at radius 1 is 1.24 bits per heavy atom. The number of nitrogen functional groups attached to an aromatic ring is 1. The number of benzene rings is 1. The first kappa shape index (κ1) is 10.4. The highest BCUT2D eigenvalue weighted by atomic mass is 32.1. The van der Waals surface area contributed by atoms with E-state index in [0.29, 0.717) is 19.0 Å². The van der Waals surface area contributed by atoms with E-state index in [1.54, 1.807) is 0 Å². The highest BCUT2D eigenvalue weighted by Crippen LogP contribution is 2.35. The lowest BCUT2D eigenvalue weighted by molar-refractivity contribution is 0.171. The number of fused-ring (bicyclic) bond motifs is 1. The summed E-state index contributed by atoms with van der Waals surface area (Å²) in [6.07, 6.45) is 0. The second kappa shape index (κ2) is 4.23. The van der Waals surface area contributed by atoms with Gasteiger partial charge in [-0.3, -0.25) is 0 Å². The molecule has 0 aliphatic carbocycles. The molecular formula is C11H11N3O2S. The molecule has 0 unspecified atom stereocenters. The lowest BCUT2D eigenvalue weighted by Crippen LogP contribution is -2.15. The van der Waals surface area contributed by atoms with E-state index in [0.717, 1.165) is 22.1 Å². The summed E-state index contributed by atoms with van der Waals surface area (Å²) in [6.45, 7) is 1.19. The molecule has 0 spiro atoms. The summed E-state index contributed by atoms with van der Waals surface area (Å²) in [7, 11) is 0. The number of ether oxygens (including phenoxy) is 2. The average molecular weight is 249 g/mol. The fraction of sp³-hybridized carbons (Fsp3) is 0.182. The van der Waals surface area contributed by atoms with Gasteiger partial charge in [-0.05, 0) is 18.2 Å². The zero-order chi connectivity index (χ0) is 11.7. The number of nitrogens with one attached hydrogen (secondary N) is 1. The number of nitrogens with zero attached hydrogens (tertiary/aromatic N) is 1. The van der Waals surface area contributed by atoms with Crippen LogP contribution in [-0.2, 0) is 0 Å². The maximum Gasteiger partial charge on any atom is 0.162 e. The SMILES string of the molecule is NNc1csc(-c2ccc3c(c2)OCCO3)n1. The van der Waals surface area contributed by atoms with Gasteiger partial charge in [-0.1, -0.05) is 0 Å². The molecule has 1 aromatic heterocycles. The highest BCUT2D eigenvalue weighted by molar-refractivity contribution is 7.13. The molecule has 0 saturated heterocycles. The first-order valence-electron chi connectivity index (χ1n) is 5.19. The van der Waals surface area contributed by atoms with Gasteiger partial charge in [0.25, 0.3) is 0 Å². The van der Waals surface area contributed by atoms with E-state index in [1.165, 1.54) is 11.3 Å². The van der Waals surface area contributed by atoms with Gasteiger partial charge in [-0.15, -0.1) is 11.3 Å². The lowest BCUT2D eigenvalue weighted by Gasteiger charge is -2.18. The predicted octanol–water partition coefficient (Wildman–Crippen LogP) is 1.87. The molecule has 6 heteroatoms. The Labute approximate surface area is 102 Å². The van der Waals surface area contributed by atoms with E-state index in [2.05, 4.69) is 10.4 Å². The molecule has 1 aliphatic heterocycles. The third kappa shape index (κ3) is 1.92. The topological polar surface area (TPSA) is 69.4 Å². The number of hydrogen-bond acceptors (Lipinski definition) is 6. The molecule has 3 N–H and O–H groups in total. The minimum Gasteiger partial charge on any atom is -0.486 e. The molecule has 0 amide bonds. The summed E-state index contributed by atoms with van der Waals surface area (Å²) in [4.78, 5) is 4.33. The molecule has 0 saturated carbocycles. The van der Waals surface area contributed by atoms with Gasteiger partial charge in [-0.25, -0.2) is 10.8 Å². The normalized spacial score (nSPS) is 13.5. The molecule has 2 heterocycles. The first-order chi connectivity index (χ1) is 8.36. The summed E-state index contributed by atoms with van der Waals surface area (Å²) in [6, 6.07) is 5.81. The van der Waals surface area contributed by atoms with Gasteiger partial charge in [0.1, 0.15) is 18.2 Å². The molecule has 3 rings (SSSR count). The summed E-state index contributed by atoms with van der Waals surface area (Å²) in [5.41, 5.74) is 3.52. The van der Waals surface area contributed by atoms with Crippen LogP contribution in [0.1, 0.15) is 0 Å². The Bertz CT molecular complexity index is 541. The van der Waals surface area contributed by atoms with Crippen molar-refractivity contribution < 1.29 is 9.47 Å². The van der Waals surface area contributed by atoms with Crippen LogP contribution in [0.5, 0.6) is 11.5 Å². The minimum atomic E-state index is 0.587. The van der Waals surface area contributed by atoms with E-state index in [-0.39, 0.29) is 0 Å². The largest absolute Gasteiger partial charge is 0.486 e. The molecule has 1 aliphatic rings. The number of hydrogen-bond donors (Lipinski definition) is 2. The molecule has 0 radical (unpaired) electrons. The van der Waals surface area contributed by atoms with Gasteiger partial charge in [0, 0.05) is 10.9 Å². The summed E-state index contributed by atoms with van der Waals surface area (Å²) < 4.78 is 11.0. The molecule has 5 nitrogen and oxygen atoms in total. The van der Waals surface area contributed by atoms with Crippen LogP contribution >= 0.6 is 11.3 Å². The van der Waals surface area contributed by atoms with Gasteiger partial charge < -0.3 is 14.9 Å². The Morgan fingerprint density at radius 3 is 2.82 bits per heavy atom. The highest BCUT2D eigenvalue weighted by Gasteiger charge is 2.13. The number of nitrogens with two attached hydrogens (primary N) is 1. The van der Waals surface area contributed by atoms with Gasteiger partial charge in [0.15, 0.2) is 17.3 Å². The molecule has 0 atom stereocenters. The number of aromatic nitrogens is 1. The monoisotopic (exact) mass is 249 g/mol. The van der Waals surface area contributed by atoms with E-state index in [1.807, 2.05) is 23.6 Å². The molecule has 1 aromatic carbocycles. The minimum absolute atomic E-state index is 0.587. The van der Waals surface area contributed by atoms with Crippen LogP contribution in [0.3, 0.4) is 0 Å². The smallest absolute Gasteiger partial charge is 0.162 e. The van der Waals surface area contributed by atoms with Gasteiger partial charge in [-0.2, -0.15) is 0 Å². The van der Waals surface area contributed by atoms with Crippen molar-refractivity contribution in [2.75, 3.05) is 18.6 Å². The second-order valence-corrected chi connectivity index (χ2v) is 4.40. The van der Waals surface area contributed by atoms with Gasteiger partial charge >= 0.3 is 0 Å². The summed E-state index contributed by atoms with van der Waals surface area (Å²) in [5, 5.41) is 2.77. The van der Waals surface area contributed by atoms with Crippen LogP contribution in [0, 0.1) is 0 Å². The Morgan fingerprint density at radius 2 is 2.06 bits per heavy atom. The Balaban J connectivity index is 1.97. The van der Waals surface area contributed by atoms with E-state index in [9.17, 15) is 0 Å². The quantitative estimate of drug-likeness (QED) is 0.628. The fourth-order valence-electron chi connectivity index (χ4n) is 1.65. The number of hydrazine groups is 1. The van der Waals surface area contributed by atoms with Crippen LogP contribution in [-0.4, -0.2) is 18.2 Å². The maximum absolute atomic E-state index is 5.53. The summed E-state index contributed by atoms with van der Waals surface area (Å²) >= 11 is 1.53. The number of anilines is 1. The van der Waals surface area contributed by atoms with Crippen molar-refractivity contribution in [3.8, 4) is 22.1 Å². The first-order valence-corrected chi connectivity index (χ1v) is 6.07. The summed E-state index contributed by atoms with van der Waals surface area (Å²) in [5.74, 6) is 7.52. The van der Waals surface area contributed by atoms with Crippen molar-refractivity contribution >= 4 is 17.2 Å². The molecular weight excluding hydrogens is 238 g/mol. The Hall–Kier alpha value is -1.79. The van der Waals surface area contributed by atoms with Crippen LogP contribution in [0.25, 0.3) is 10.6 Å². The number of thiazole rings is 1. The number of rotatable bonds is 2. The third-order valence-corrected chi connectivity index (χ3v) is 3.33. The van der Waals surface area contributed by atoms with Crippen molar-refractivity contribution in [1.82, 2.24) is 4.98 Å². The second-order valence-electron chi connectivity index (χ2n) is 3.54. The third-order valence-electron chi connectivity index (χ3n) is 2.44.